The first-order chi connectivity index (χ1) is 33.0. The predicted octanol–water partition coefficient (Wildman–Crippen LogP) is 19.7. The fourth-order valence-corrected chi connectivity index (χ4v) is 8.65. The molecule has 0 rings (SSSR count). The second kappa shape index (κ2) is 56.2. The van der Waals surface area contributed by atoms with Crippen molar-refractivity contribution in [3.63, 3.8) is 0 Å². The van der Waals surface area contributed by atoms with Gasteiger partial charge in [-0.3, -0.25) is 14.4 Å². The van der Waals surface area contributed by atoms with Crippen molar-refractivity contribution in [3.8, 4) is 0 Å². The molecule has 0 saturated heterocycles. The van der Waals surface area contributed by atoms with Gasteiger partial charge in [0, 0.05) is 19.3 Å². The van der Waals surface area contributed by atoms with E-state index < -0.39 is 6.10 Å². The first-order valence-electron chi connectivity index (χ1n) is 29.5. The molecular formula is C61H112O6. The highest BCUT2D eigenvalue weighted by atomic mass is 16.6. The van der Waals surface area contributed by atoms with Gasteiger partial charge in [-0.1, -0.05) is 256 Å². The van der Waals surface area contributed by atoms with Gasteiger partial charge in [-0.2, -0.15) is 0 Å². The number of hydrogen-bond donors (Lipinski definition) is 0. The maximum atomic E-state index is 12.9. The Labute approximate surface area is 416 Å². The van der Waals surface area contributed by atoms with Crippen molar-refractivity contribution in [2.24, 2.45) is 0 Å². The van der Waals surface area contributed by atoms with E-state index in [1.807, 2.05) is 0 Å². The van der Waals surface area contributed by atoms with Gasteiger partial charge in [0.05, 0.1) is 0 Å². The molecule has 1 atom stereocenters. The van der Waals surface area contributed by atoms with Crippen LogP contribution in [0.2, 0.25) is 0 Å². The number of rotatable bonds is 54. The molecular weight excluding hydrogens is 829 g/mol. The molecule has 67 heavy (non-hydrogen) atoms. The van der Waals surface area contributed by atoms with Crippen LogP contribution in [0.3, 0.4) is 0 Å². The Kier molecular flexibility index (Phi) is 54.2. The highest BCUT2D eigenvalue weighted by Gasteiger charge is 2.19. The molecule has 0 heterocycles. The highest BCUT2D eigenvalue weighted by Crippen LogP contribution is 2.16. The normalized spacial score (nSPS) is 12.2. The molecule has 0 aromatic heterocycles. The lowest BCUT2D eigenvalue weighted by Gasteiger charge is -2.18. The molecule has 0 spiro atoms. The van der Waals surface area contributed by atoms with Crippen LogP contribution >= 0.6 is 0 Å². The number of esters is 3. The number of unbranched alkanes of at least 4 members (excludes halogenated alkanes) is 37. The van der Waals surface area contributed by atoms with Crippen molar-refractivity contribution in [2.45, 2.75) is 322 Å². The summed E-state index contributed by atoms with van der Waals surface area (Å²) in [6, 6.07) is 0. The van der Waals surface area contributed by atoms with Gasteiger partial charge in [0.2, 0.25) is 0 Å². The van der Waals surface area contributed by atoms with Crippen molar-refractivity contribution in [1.29, 1.82) is 0 Å². The maximum absolute atomic E-state index is 12.9. The molecule has 0 radical (unpaired) electrons. The van der Waals surface area contributed by atoms with Crippen LogP contribution in [0.25, 0.3) is 0 Å². The van der Waals surface area contributed by atoms with Crippen molar-refractivity contribution < 1.29 is 28.6 Å². The lowest BCUT2D eigenvalue weighted by Crippen LogP contribution is -2.30. The average Bonchev–Trinajstić information content (AvgIpc) is 3.33. The fourth-order valence-electron chi connectivity index (χ4n) is 8.65. The van der Waals surface area contributed by atoms with Crippen LogP contribution in [0.1, 0.15) is 316 Å². The predicted molar refractivity (Wildman–Crippen MR) is 289 cm³/mol. The van der Waals surface area contributed by atoms with E-state index in [0.717, 1.165) is 83.5 Å². The second-order valence-corrected chi connectivity index (χ2v) is 19.9. The molecule has 6 nitrogen and oxygen atoms in total. The van der Waals surface area contributed by atoms with Gasteiger partial charge in [0.1, 0.15) is 13.2 Å². The Morgan fingerprint density at radius 3 is 0.866 bits per heavy atom. The minimum Gasteiger partial charge on any atom is -0.462 e. The minimum absolute atomic E-state index is 0.0763. The number of carbonyl (C=O) groups excluding carboxylic acids is 3. The molecule has 0 N–H and O–H groups in total. The monoisotopic (exact) mass is 941 g/mol. The van der Waals surface area contributed by atoms with E-state index in [1.165, 1.54) is 193 Å². The van der Waals surface area contributed by atoms with Crippen LogP contribution in [0.4, 0.5) is 0 Å². The SMILES string of the molecule is CCCCC/C=C\C/C=C\CCCCCCCC(=O)OC[C@H](COC(=O)CCCCCCCCCCCCCCCCCCCC)OC(=O)CCCCCCC/C=C\CCCCCCCCC. The number of hydrogen-bond acceptors (Lipinski definition) is 6. The summed E-state index contributed by atoms with van der Waals surface area (Å²) in [6.45, 7) is 6.64. The molecule has 0 bridgehead atoms. The zero-order valence-corrected chi connectivity index (χ0v) is 44.9. The third-order valence-corrected chi connectivity index (χ3v) is 13.1. The standard InChI is InChI=1S/C61H112O6/c1-4-7-10-13-16-19-22-25-28-30-31-34-36-39-42-45-48-51-54-60(63)66-57-58(56-65-59(62)53-50-47-44-41-38-35-32-27-24-21-18-15-12-9-6-3)67-61(64)55-52-49-46-43-40-37-33-29-26-23-20-17-14-11-8-5-2/h18,21,27,29,32-33,58H,4-17,19-20,22-26,28,30-31,34-57H2,1-3H3/b21-18-,32-27-,33-29-/t58-/m1/s1. The Morgan fingerprint density at radius 2 is 0.537 bits per heavy atom. The molecule has 0 amide bonds. The Morgan fingerprint density at radius 1 is 0.299 bits per heavy atom. The van der Waals surface area contributed by atoms with Crippen molar-refractivity contribution in [3.05, 3.63) is 36.5 Å². The highest BCUT2D eigenvalue weighted by molar-refractivity contribution is 5.71. The largest absolute Gasteiger partial charge is 0.462 e. The van der Waals surface area contributed by atoms with Gasteiger partial charge in [-0.15, -0.1) is 0 Å². The first kappa shape index (κ1) is 64.6. The molecule has 0 aliphatic rings. The van der Waals surface area contributed by atoms with Gasteiger partial charge in [0.25, 0.3) is 0 Å². The lowest BCUT2D eigenvalue weighted by atomic mass is 10.0. The first-order valence-corrected chi connectivity index (χ1v) is 29.5. The fraction of sp³-hybridized carbons (Fsp3) is 0.852. The number of carbonyl (C=O) groups is 3. The van der Waals surface area contributed by atoms with Gasteiger partial charge >= 0.3 is 17.9 Å². The van der Waals surface area contributed by atoms with Crippen LogP contribution in [0.15, 0.2) is 36.5 Å². The summed E-state index contributed by atoms with van der Waals surface area (Å²) in [5.74, 6) is -0.881. The topological polar surface area (TPSA) is 78.9 Å². The summed E-state index contributed by atoms with van der Waals surface area (Å²) in [4.78, 5) is 38.2. The Hall–Kier alpha value is -2.37. The van der Waals surface area contributed by atoms with Crippen LogP contribution in [-0.2, 0) is 28.6 Å². The molecule has 0 aromatic rings. The summed E-state index contributed by atoms with van der Waals surface area (Å²) in [6.07, 6.45) is 67.0. The lowest BCUT2D eigenvalue weighted by molar-refractivity contribution is -0.167. The number of ether oxygens (including phenoxy) is 3. The summed E-state index contributed by atoms with van der Waals surface area (Å²) in [7, 11) is 0. The second-order valence-electron chi connectivity index (χ2n) is 19.9. The molecule has 0 unspecified atom stereocenters. The van der Waals surface area contributed by atoms with E-state index >= 15 is 0 Å². The number of allylic oxidation sites excluding steroid dienone is 6. The van der Waals surface area contributed by atoms with Crippen LogP contribution in [0, 0.1) is 0 Å². The molecule has 6 heteroatoms. The van der Waals surface area contributed by atoms with Gasteiger partial charge in [-0.05, 0) is 77.0 Å². The van der Waals surface area contributed by atoms with E-state index in [-0.39, 0.29) is 31.1 Å². The average molecular weight is 942 g/mol. The molecule has 0 aliphatic heterocycles. The third-order valence-electron chi connectivity index (χ3n) is 13.1. The van der Waals surface area contributed by atoms with Crippen LogP contribution in [0.5, 0.6) is 0 Å². The van der Waals surface area contributed by atoms with Crippen molar-refractivity contribution >= 4 is 17.9 Å². The van der Waals surface area contributed by atoms with E-state index in [9.17, 15) is 14.4 Å². The summed E-state index contributed by atoms with van der Waals surface area (Å²) < 4.78 is 16.9. The van der Waals surface area contributed by atoms with Gasteiger partial charge in [0.15, 0.2) is 6.10 Å². The van der Waals surface area contributed by atoms with E-state index in [2.05, 4.69) is 57.2 Å². The minimum atomic E-state index is -0.779. The van der Waals surface area contributed by atoms with E-state index in [1.54, 1.807) is 0 Å². The molecule has 0 saturated carbocycles. The van der Waals surface area contributed by atoms with E-state index in [0.29, 0.717) is 19.3 Å². The molecule has 0 aromatic carbocycles. The zero-order chi connectivity index (χ0) is 48.6. The maximum Gasteiger partial charge on any atom is 0.306 e. The van der Waals surface area contributed by atoms with Gasteiger partial charge < -0.3 is 14.2 Å². The quantitative estimate of drug-likeness (QED) is 0.0262. The molecule has 392 valence electrons. The molecule has 0 fully saturated rings. The zero-order valence-electron chi connectivity index (χ0n) is 44.9. The van der Waals surface area contributed by atoms with Crippen molar-refractivity contribution in [1.82, 2.24) is 0 Å². The smallest absolute Gasteiger partial charge is 0.306 e. The van der Waals surface area contributed by atoms with Gasteiger partial charge in [-0.25, -0.2) is 0 Å². The van der Waals surface area contributed by atoms with E-state index in [4.69, 9.17) is 14.2 Å². The Balaban J connectivity index is 4.36. The van der Waals surface area contributed by atoms with Crippen LogP contribution in [-0.4, -0.2) is 37.2 Å². The summed E-state index contributed by atoms with van der Waals surface area (Å²) in [5, 5.41) is 0. The van der Waals surface area contributed by atoms with Crippen molar-refractivity contribution in [2.75, 3.05) is 13.2 Å². The van der Waals surface area contributed by atoms with Crippen LogP contribution < -0.4 is 0 Å². The molecule has 0 aliphatic carbocycles. The summed E-state index contributed by atoms with van der Waals surface area (Å²) >= 11 is 0. The Bertz CT molecular complexity index is 1130. The summed E-state index contributed by atoms with van der Waals surface area (Å²) in [5.41, 5.74) is 0. The third kappa shape index (κ3) is 54.4.